The molecule has 0 radical (unpaired) electrons. The number of aromatic nitrogens is 1. The van der Waals surface area contributed by atoms with Crippen molar-refractivity contribution in [3.8, 4) is 6.07 Å². The number of benzene rings is 2. The van der Waals surface area contributed by atoms with Gasteiger partial charge in [0.25, 0.3) is 0 Å². The molecule has 0 bridgehead atoms. The van der Waals surface area contributed by atoms with E-state index in [4.69, 9.17) is 5.26 Å². The quantitative estimate of drug-likeness (QED) is 0.638. The Morgan fingerprint density at radius 2 is 1.79 bits per heavy atom. The third-order valence-electron chi connectivity index (χ3n) is 3.17. The largest absolute Gasteiger partial charge is 0.200 e. The molecule has 1 heterocycles. The third-order valence-corrected chi connectivity index (χ3v) is 3.17. The number of pyridine rings is 1. The first-order valence-corrected chi connectivity index (χ1v) is 6.22. The summed E-state index contributed by atoms with van der Waals surface area (Å²) in [5, 5.41) is 11.1. The van der Waals surface area contributed by atoms with Gasteiger partial charge in [-0.3, -0.25) is 0 Å². The zero-order valence-corrected chi connectivity index (χ0v) is 10.5. The molecule has 1 aromatic heterocycles. The van der Waals surface area contributed by atoms with Crippen LogP contribution in [-0.2, 0) is 6.54 Å². The van der Waals surface area contributed by atoms with Crippen molar-refractivity contribution in [1.29, 1.82) is 5.26 Å². The smallest absolute Gasteiger partial charge is 0.176 e. The Hall–Kier alpha value is -2.66. The van der Waals surface area contributed by atoms with Crippen LogP contribution in [0.1, 0.15) is 11.1 Å². The average Bonchev–Trinajstić information content (AvgIpc) is 2.48. The molecule has 0 spiro atoms. The highest BCUT2D eigenvalue weighted by Crippen LogP contribution is 2.13. The maximum atomic E-state index is 8.89. The second-order valence-corrected chi connectivity index (χ2v) is 4.56. The lowest BCUT2D eigenvalue weighted by atomic mass is 10.1. The lowest BCUT2D eigenvalue weighted by Gasteiger charge is -2.00. The van der Waals surface area contributed by atoms with E-state index in [1.54, 1.807) is 0 Å². The van der Waals surface area contributed by atoms with E-state index in [9.17, 15) is 0 Å². The van der Waals surface area contributed by atoms with Crippen molar-refractivity contribution in [2.75, 3.05) is 0 Å². The van der Waals surface area contributed by atoms with Crippen LogP contribution in [0.5, 0.6) is 0 Å². The Labute approximate surface area is 112 Å². The summed E-state index contributed by atoms with van der Waals surface area (Å²) in [6.45, 7) is 0.858. The van der Waals surface area contributed by atoms with Crippen molar-refractivity contribution in [3.05, 3.63) is 78.1 Å². The van der Waals surface area contributed by atoms with Gasteiger partial charge in [-0.1, -0.05) is 30.3 Å². The summed E-state index contributed by atoms with van der Waals surface area (Å²) in [4.78, 5) is 0. The third kappa shape index (κ3) is 2.46. The minimum Gasteiger partial charge on any atom is -0.200 e. The highest BCUT2D eigenvalue weighted by molar-refractivity contribution is 5.82. The SMILES string of the molecule is N#Cc1ccc2c[n+](Cc3ccccc3)ccc2c1. The molecule has 0 saturated heterocycles. The summed E-state index contributed by atoms with van der Waals surface area (Å²) in [5.74, 6) is 0. The lowest BCUT2D eigenvalue weighted by molar-refractivity contribution is -0.687. The van der Waals surface area contributed by atoms with Gasteiger partial charge >= 0.3 is 0 Å². The van der Waals surface area contributed by atoms with Gasteiger partial charge in [-0.2, -0.15) is 5.26 Å². The summed E-state index contributed by atoms with van der Waals surface area (Å²) in [6, 6.07) is 20.4. The first-order chi connectivity index (χ1) is 9.35. The highest BCUT2D eigenvalue weighted by Gasteiger charge is 2.05. The van der Waals surface area contributed by atoms with Gasteiger partial charge in [0.1, 0.15) is 0 Å². The molecule has 0 aliphatic heterocycles. The molecule has 2 aromatic carbocycles. The number of hydrogen-bond acceptors (Lipinski definition) is 1. The summed E-state index contributed by atoms with van der Waals surface area (Å²) >= 11 is 0. The van der Waals surface area contributed by atoms with Crippen molar-refractivity contribution in [3.63, 3.8) is 0 Å². The molecule has 3 aromatic rings. The van der Waals surface area contributed by atoms with E-state index in [1.165, 1.54) is 5.56 Å². The Morgan fingerprint density at radius 3 is 2.58 bits per heavy atom. The molecular weight excluding hydrogens is 232 g/mol. The molecule has 0 aliphatic carbocycles. The Bertz CT molecular complexity index is 755. The van der Waals surface area contributed by atoms with Crippen molar-refractivity contribution < 1.29 is 4.57 Å². The molecule has 0 amide bonds. The van der Waals surface area contributed by atoms with Crippen LogP contribution in [0.3, 0.4) is 0 Å². The van der Waals surface area contributed by atoms with Crippen LogP contribution in [0.15, 0.2) is 67.0 Å². The van der Waals surface area contributed by atoms with Crippen LogP contribution in [0.4, 0.5) is 0 Å². The molecule has 19 heavy (non-hydrogen) atoms. The van der Waals surface area contributed by atoms with Crippen molar-refractivity contribution in [1.82, 2.24) is 0 Å². The first kappa shape index (κ1) is 11.4. The second-order valence-electron chi connectivity index (χ2n) is 4.56. The zero-order valence-electron chi connectivity index (χ0n) is 10.5. The molecule has 2 nitrogen and oxygen atoms in total. The molecular formula is C17H13N2+. The molecule has 90 valence electrons. The Kier molecular flexibility index (Phi) is 2.96. The lowest BCUT2D eigenvalue weighted by Crippen LogP contribution is -2.33. The molecule has 0 unspecified atom stereocenters. The predicted octanol–water partition coefficient (Wildman–Crippen LogP) is 3.05. The number of nitrogens with zero attached hydrogens (tertiary/aromatic N) is 2. The van der Waals surface area contributed by atoms with E-state index >= 15 is 0 Å². The van der Waals surface area contributed by atoms with E-state index < -0.39 is 0 Å². The van der Waals surface area contributed by atoms with Gasteiger partial charge in [0.05, 0.1) is 11.6 Å². The monoisotopic (exact) mass is 245 g/mol. The van der Waals surface area contributed by atoms with Crippen LogP contribution in [0.25, 0.3) is 10.8 Å². The van der Waals surface area contributed by atoms with Crippen LogP contribution in [-0.4, -0.2) is 0 Å². The van der Waals surface area contributed by atoms with Crippen molar-refractivity contribution >= 4 is 10.8 Å². The number of rotatable bonds is 2. The van der Waals surface area contributed by atoms with E-state index in [1.807, 2.05) is 24.3 Å². The van der Waals surface area contributed by atoms with Gasteiger partial charge in [-0.15, -0.1) is 0 Å². The average molecular weight is 245 g/mol. The molecule has 3 rings (SSSR count). The van der Waals surface area contributed by atoms with Crippen LogP contribution in [0, 0.1) is 11.3 Å². The number of hydrogen-bond donors (Lipinski definition) is 0. The molecule has 2 heteroatoms. The van der Waals surface area contributed by atoms with Crippen molar-refractivity contribution in [2.45, 2.75) is 6.54 Å². The highest BCUT2D eigenvalue weighted by atomic mass is 14.9. The maximum Gasteiger partial charge on any atom is 0.176 e. The predicted molar refractivity (Wildman–Crippen MR) is 74.4 cm³/mol. The van der Waals surface area contributed by atoms with Gasteiger partial charge in [-0.05, 0) is 23.6 Å². The van der Waals surface area contributed by atoms with E-state index in [0.29, 0.717) is 5.56 Å². The van der Waals surface area contributed by atoms with Crippen LogP contribution < -0.4 is 4.57 Å². The number of nitriles is 1. The van der Waals surface area contributed by atoms with Gasteiger partial charge in [0.2, 0.25) is 0 Å². The van der Waals surface area contributed by atoms with Gasteiger partial charge in [-0.25, -0.2) is 4.57 Å². The molecule has 0 atom stereocenters. The summed E-state index contributed by atoms with van der Waals surface area (Å²) < 4.78 is 2.16. The Morgan fingerprint density at radius 1 is 0.947 bits per heavy atom. The molecule has 0 aliphatic rings. The molecule has 0 saturated carbocycles. The van der Waals surface area contributed by atoms with Crippen LogP contribution in [0.2, 0.25) is 0 Å². The van der Waals surface area contributed by atoms with Crippen molar-refractivity contribution in [2.24, 2.45) is 0 Å². The normalized spacial score (nSPS) is 10.3. The minimum absolute atomic E-state index is 0.702. The number of fused-ring (bicyclic) bond motifs is 1. The Balaban J connectivity index is 1.96. The fraction of sp³-hybridized carbons (Fsp3) is 0.0588. The summed E-state index contributed by atoms with van der Waals surface area (Å²) in [6.07, 6.45) is 4.17. The van der Waals surface area contributed by atoms with Gasteiger partial charge in [0, 0.05) is 17.0 Å². The first-order valence-electron chi connectivity index (χ1n) is 6.22. The fourth-order valence-corrected chi connectivity index (χ4v) is 2.20. The van der Waals surface area contributed by atoms with E-state index in [-0.39, 0.29) is 0 Å². The van der Waals surface area contributed by atoms with Gasteiger partial charge < -0.3 is 0 Å². The standard InChI is InChI=1S/C17H13N2/c18-11-15-6-7-17-13-19(9-8-16(17)10-15)12-14-4-2-1-3-5-14/h1-10,13H,12H2/q+1. The summed E-state index contributed by atoms with van der Waals surface area (Å²) in [5.41, 5.74) is 1.98. The topological polar surface area (TPSA) is 27.7 Å². The van der Waals surface area contributed by atoms with E-state index in [0.717, 1.165) is 17.3 Å². The maximum absolute atomic E-state index is 8.89. The minimum atomic E-state index is 0.702. The van der Waals surface area contributed by atoms with E-state index in [2.05, 4.69) is 53.4 Å². The van der Waals surface area contributed by atoms with Gasteiger partial charge in [0.15, 0.2) is 18.9 Å². The fourth-order valence-electron chi connectivity index (χ4n) is 2.20. The molecule has 0 N–H and O–H groups in total. The second kappa shape index (κ2) is 4.91. The zero-order chi connectivity index (χ0) is 13.1. The van der Waals surface area contributed by atoms with Crippen LogP contribution >= 0.6 is 0 Å². The summed E-state index contributed by atoms with van der Waals surface area (Å²) in [7, 11) is 0. The molecule has 0 fully saturated rings.